The molecule has 116 valence electrons. The summed E-state index contributed by atoms with van der Waals surface area (Å²) in [6.45, 7) is 2.04. The summed E-state index contributed by atoms with van der Waals surface area (Å²) in [6, 6.07) is 11.6. The maximum Gasteiger partial charge on any atom is 0.338 e. The van der Waals surface area contributed by atoms with Gasteiger partial charge in [-0.2, -0.15) is 0 Å². The third-order valence-corrected chi connectivity index (χ3v) is 3.22. The van der Waals surface area contributed by atoms with E-state index in [0.717, 1.165) is 0 Å². The highest BCUT2D eigenvalue weighted by molar-refractivity contribution is 6.06. The minimum atomic E-state index is -0.424. The van der Waals surface area contributed by atoms with Gasteiger partial charge in [0.05, 0.1) is 12.2 Å². The smallest absolute Gasteiger partial charge is 0.338 e. The predicted octanol–water partition coefficient (Wildman–Crippen LogP) is 3.26. The van der Waals surface area contributed by atoms with Gasteiger partial charge in [-0.1, -0.05) is 6.07 Å². The van der Waals surface area contributed by atoms with Gasteiger partial charge in [-0.3, -0.25) is 4.79 Å². The first kappa shape index (κ1) is 14.8. The quantitative estimate of drug-likeness (QED) is 0.748. The molecule has 0 radical (unpaired) electrons. The first-order valence-electron chi connectivity index (χ1n) is 7.09. The van der Waals surface area contributed by atoms with Crippen LogP contribution in [0.25, 0.3) is 11.1 Å². The second-order valence-electron chi connectivity index (χ2n) is 4.79. The number of carbonyl (C=O) groups excluding carboxylic acids is 2. The van der Waals surface area contributed by atoms with E-state index in [0.29, 0.717) is 34.5 Å². The number of esters is 1. The van der Waals surface area contributed by atoms with E-state index < -0.39 is 5.97 Å². The van der Waals surface area contributed by atoms with E-state index in [1.54, 1.807) is 49.4 Å². The number of carbonyl (C=O) groups is 2. The number of fused-ring (bicyclic) bond motifs is 1. The van der Waals surface area contributed by atoms with Gasteiger partial charge in [0, 0.05) is 11.3 Å². The molecular weight excluding hydrogens is 296 g/mol. The van der Waals surface area contributed by atoms with E-state index >= 15 is 0 Å². The van der Waals surface area contributed by atoms with Gasteiger partial charge < -0.3 is 14.5 Å². The SMILES string of the molecule is CCOC(=O)c1cccc(NC(=O)c2ccc3ocnc3c2)c1. The lowest BCUT2D eigenvalue weighted by atomic mass is 10.1. The fourth-order valence-electron chi connectivity index (χ4n) is 2.14. The zero-order valence-corrected chi connectivity index (χ0v) is 12.4. The number of anilines is 1. The Kier molecular flexibility index (Phi) is 4.05. The summed E-state index contributed by atoms with van der Waals surface area (Å²) in [6.07, 6.45) is 1.33. The van der Waals surface area contributed by atoms with Crippen molar-refractivity contribution >= 4 is 28.7 Å². The molecule has 2 aromatic carbocycles. The van der Waals surface area contributed by atoms with E-state index in [1.165, 1.54) is 6.39 Å². The maximum atomic E-state index is 12.3. The fourth-order valence-corrected chi connectivity index (χ4v) is 2.14. The zero-order valence-electron chi connectivity index (χ0n) is 12.4. The van der Waals surface area contributed by atoms with Crippen molar-refractivity contribution in [3.63, 3.8) is 0 Å². The van der Waals surface area contributed by atoms with Gasteiger partial charge in [-0.15, -0.1) is 0 Å². The van der Waals surface area contributed by atoms with Crippen LogP contribution < -0.4 is 5.32 Å². The molecule has 0 aliphatic heterocycles. The zero-order chi connectivity index (χ0) is 16.2. The fraction of sp³-hybridized carbons (Fsp3) is 0.118. The lowest BCUT2D eigenvalue weighted by Gasteiger charge is -2.07. The first-order valence-corrected chi connectivity index (χ1v) is 7.09. The molecule has 1 N–H and O–H groups in total. The molecule has 1 aromatic heterocycles. The topological polar surface area (TPSA) is 81.4 Å². The summed E-state index contributed by atoms with van der Waals surface area (Å²) >= 11 is 0. The number of oxazole rings is 1. The van der Waals surface area contributed by atoms with Crippen LogP contribution in [-0.4, -0.2) is 23.5 Å². The third kappa shape index (κ3) is 3.21. The molecule has 3 rings (SSSR count). The number of rotatable bonds is 4. The molecule has 3 aromatic rings. The van der Waals surface area contributed by atoms with Gasteiger partial charge in [-0.25, -0.2) is 9.78 Å². The molecule has 0 atom stereocenters. The minimum Gasteiger partial charge on any atom is -0.462 e. The van der Waals surface area contributed by atoms with Crippen molar-refractivity contribution in [2.45, 2.75) is 6.92 Å². The standard InChI is InChI=1S/C17H14N2O4/c1-2-22-17(21)12-4-3-5-13(8-12)19-16(20)11-6-7-15-14(9-11)18-10-23-15/h3-10H,2H2,1H3,(H,19,20). The molecule has 6 nitrogen and oxygen atoms in total. The molecule has 0 saturated carbocycles. The number of hydrogen-bond donors (Lipinski definition) is 1. The van der Waals surface area contributed by atoms with Crippen molar-refractivity contribution in [2.24, 2.45) is 0 Å². The number of aromatic nitrogens is 1. The molecule has 23 heavy (non-hydrogen) atoms. The Balaban J connectivity index is 1.79. The van der Waals surface area contributed by atoms with Crippen molar-refractivity contribution in [3.05, 3.63) is 60.0 Å². The molecular formula is C17H14N2O4. The van der Waals surface area contributed by atoms with Crippen molar-refractivity contribution in [1.82, 2.24) is 4.98 Å². The summed E-state index contributed by atoms with van der Waals surface area (Å²) in [4.78, 5) is 28.0. The number of amides is 1. The summed E-state index contributed by atoms with van der Waals surface area (Å²) in [5.74, 6) is -0.719. The van der Waals surface area contributed by atoms with Crippen LogP contribution in [0.15, 0.2) is 53.3 Å². The Morgan fingerprint density at radius 2 is 2.04 bits per heavy atom. The third-order valence-electron chi connectivity index (χ3n) is 3.22. The summed E-state index contributed by atoms with van der Waals surface area (Å²) in [7, 11) is 0. The normalized spacial score (nSPS) is 10.5. The Hall–Kier alpha value is -3.15. The Morgan fingerprint density at radius 3 is 2.87 bits per heavy atom. The summed E-state index contributed by atoms with van der Waals surface area (Å²) in [5.41, 5.74) is 2.58. The predicted molar refractivity (Wildman–Crippen MR) is 84.4 cm³/mol. The van der Waals surface area contributed by atoms with Crippen LogP contribution in [0.1, 0.15) is 27.6 Å². The summed E-state index contributed by atoms with van der Waals surface area (Å²) in [5, 5.41) is 2.75. The number of nitrogens with zero attached hydrogens (tertiary/aromatic N) is 1. The molecule has 0 unspecified atom stereocenters. The van der Waals surface area contributed by atoms with E-state index in [-0.39, 0.29) is 5.91 Å². The molecule has 0 aliphatic carbocycles. The second kappa shape index (κ2) is 6.31. The summed E-state index contributed by atoms with van der Waals surface area (Å²) < 4.78 is 10.1. The van der Waals surface area contributed by atoms with Gasteiger partial charge in [-0.05, 0) is 43.3 Å². The number of nitrogens with one attached hydrogen (secondary N) is 1. The van der Waals surface area contributed by atoms with E-state index in [9.17, 15) is 9.59 Å². The lowest BCUT2D eigenvalue weighted by molar-refractivity contribution is 0.0526. The molecule has 1 heterocycles. The van der Waals surface area contributed by atoms with Crippen LogP contribution in [0.3, 0.4) is 0 Å². The van der Waals surface area contributed by atoms with Gasteiger partial charge >= 0.3 is 5.97 Å². The molecule has 1 amide bonds. The van der Waals surface area contributed by atoms with E-state index in [2.05, 4.69) is 10.3 Å². The van der Waals surface area contributed by atoms with Crippen molar-refractivity contribution in [3.8, 4) is 0 Å². The first-order chi connectivity index (χ1) is 11.2. The lowest BCUT2D eigenvalue weighted by Crippen LogP contribution is -2.12. The van der Waals surface area contributed by atoms with Crippen molar-refractivity contribution < 1.29 is 18.7 Å². The Labute approximate surface area is 132 Å². The van der Waals surface area contributed by atoms with Crippen molar-refractivity contribution in [1.29, 1.82) is 0 Å². The monoisotopic (exact) mass is 310 g/mol. The maximum absolute atomic E-state index is 12.3. The van der Waals surface area contributed by atoms with Crippen molar-refractivity contribution in [2.75, 3.05) is 11.9 Å². The number of benzene rings is 2. The highest BCUT2D eigenvalue weighted by atomic mass is 16.5. The average Bonchev–Trinajstić information content (AvgIpc) is 3.03. The van der Waals surface area contributed by atoms with Crippen LogP contribution in [0.5, 0.6) is 0 Å². The van der Waals surface area contributed by atoms with E-state index in [4.69, 9.17) is 9.15 Å². The van der Waals surface area contributed by atoms with Gasteiger partial charge in [0.1, 0.15) is 5.52 Å². The largest absolute Gasteiger partial charge is 0.462 e. The molecule has 0 aliphatic rings. The Bertz CT molecular complexity index is 870. The van der Waals surface area contributed by atoms with Gasteiger partial charge in [0.2, 0.25) is 0 Å². The van der Waals surface area contributed by atoms with Gasteiger partial charge in [0.15, 0.2) is 12.0 Å². The van der Waals surface area contributed by atoms with Crippen LogP contribution >= 0.6 is 0 Å². The molecule has 0 bridgehead atoms. The van der Waals surface area contributed by atoms with Crippen LogP contribution in [-0.2, 0) is 4.74 Å². The average molecular weight is 310 g/mol. The van der Waals surface area contributed by atoms with Crippen LogP contribution in [0.4, 0.5) is 5.69 Å². The number of hydrogen-bond acceptors (Lipinski definition) is 5. The Morgan fingerprint density at radius 1 is 1.17 bits per heavy atom. The minimum absolute atomic E-state index is 0.295. The molecule has 0 fully saturated rings. The molecule has 6 heteroatoms. The molecule has 0 spiro atoms. The highest BCUT2D eigenvalue weighted by Crippen LogP contribution is 2.17. The highest BCUT2D eigenvalue weighted by Gasteiger charge is 2.11. The van der Waals surface area contributed by atoms with Crippen LogP contribution in [0, 0.1) is 0 Å². The second-order valence-corrected chi connectivity index (χ2v) is 4.79. The van der Waals surface area contributed by atoms with E-state index in [1.807, 2.05) is 0 Å². The number of ether oxygens (including phenoxy) is 1. The van der Waals surface area contributed by atoms with Gasteiger partial charge in [0.25, 0.3) is 5.91 Å². The molecule has 0 saturated heterocycles. The van der Waals surface area contributed by atoms with Crippen LogP contribution in [0.2, 0.25) is 0 Å².